The van der Waals surface area contributed by atoms with E-state index in [9.17, 15) is 13.2 Å². The molecule has 2 aromatic carbocycles. The van der Waals surface area contributed by atoms with Crippen LogP contribution in [0.2, 0.25) is 0 Å². The van der Waals surface area contributed by atoms with Crippen LogP contribution in [-0.2, 0) is 19.1 Å². The molecule has 5 N–H and O–H groups in total. The quantitative estimate of drug-likeness (QED) is 0.147. The minimum absolute atomic E-state index is 0.0478. The molecule has 0 aliphatic heterocycles. The summed E-state index contributed by atoms with van der Waals surface area (Å²) in [4.78, 5) is 5.10. The molecule has 0 aliphatic rings. The second kappa shape index (κ2) is 9.35. The Bertz CT molecular complexity index is 1350. The van der Waals surface area contributed by atoms with Crippen molar-refractivity contribution in [1.29, 1.82) is 0 Å². The summed E-state index contributed by atoms with van der Waals surface area (Å²) in [5.74, 6) is 0.498. The highest BCUT2D eigenvalue weighted by Gasteiger charge is 2.34. The molecule has 0 fully saturated rings. The zero-order valence-corrected chi connectivity index (χ0v) is 18.9. The molecule has 4 rings (SSSR count). The average molecular weight is 490 g/mol. The number of nitrogens with two attached hydrogens (primary N) is 2. The molecule has 0 amide bonds. The number of aromatic nitrogens is 2. The maximum absolute atomic E-state index is 13.5. The highest BCUT2D eigenvalue weighted by atomic mass is 32.1. The van der Waals surface area contributed by atoms with Gasteiger partial charge in [0.1, 0.15) is 29.0 Å². The van der Waals surface area contributed by atoms with Gasteiger partial charge in [0.15, 0.2) is 0 Å². The number of imidazole rings is 1. The number of halogens is 3. The predicted octanol–water partition coefficient (Wildman–Crippen LogP) is 4.99. The van der Waals surface area contributed by atoms with Crippen LogP contribution in [0.5, 0.6) is 5.75 Å². The zero-order valence-electron chi connectivity index (χ0n) is 18.1. The van der Waals surface area contributed by atoms with Gasteiger partial charge in [-0.1, -0.05) is 29.4 Å². The van der Waals surface area contributed by atoms with E-state index in [1.165, 1.54) is 23.5 Å². The normalized spacial score (nSPS) is 13.4. The molecular formula is C23H22F3N5O2S. The fourth-order valence-electron chi connectivity index (χ4n) is 3.71. The van der Waals surface area contributed by atoms with Crippen molar-refractivity contribution < 1.29 is 23.1 Å². The first-order valence-electron chi connectivity index (χ1n) is 10.3. The average Bonchev–Trinajstić information content (AvgIpc) is 3.41. The summed E-state index contributed by atoms with van der Waals surface area (Å²) in [5.41, 5.74) is 13.2. The van der Waals surface area contributed by atoms with Crippen LogP contribution in [0.3, 0.4) is 0 Å². The molecule has 0 aliphatic carbocycles. The summed E-state index contributed by atoms with van der Waals surface area (Å²) in [6.07, 6.45) is -3.42. The Balaban J connectivity index is 1.68. The zero-order chi connectivity index (χ0) is 24.5. The lowest BCUT2D eigenvalue weighted by atomic mass is 10.0. The van der Waals surface area contributed by atoms with Gasteiger partial charge >= 0.3 is 6.18 Å². The Hall–Kier alpha value is -3.57. The smallest absolute Gasteiger partial charge is 0.416 e. The van der Waals surface area contributed by atoms with Gasteiger partial charge in [-0.15, -0.1) is 11.3 Å². The van der Waals surface area contributed by atoms with Crippen molar-refractivity contribution in [3.63, 3.8) is 0 Å². The van der Waals surface area contributed by atoms with E-state index in [4.69, 9.17) is 21.4 Å². The molecule has 2 aromatic heterocycles. The van der Waals surface area contributed by atoms with Gasteiger partial charge < -0.3 is 21.4 Å². The molecule has 0 radical (unpaired) electrons. The number of hydrogen-bond acceptors (Lipinski definition) is 6. The molecule has 7 nitrogen and oxygen atoms in total. The van der Waals surface area contributed by atoms with Gasteiger partial charge in [-0.3, -0.25) is 4.57 Å². The van der Waals surface area contributed by atoms with Crippen molar-refractivity contribution in [3.8, 4) is 10.8 Å². The van der Waals surface area contributed by atoms with E-state index in [-0.39, 0.29) is 24.4 Å². The van der Waals surface area contributed by atoms with Gasteiger partial charge in [-0.2, -0.15) is 13.2 Å². The summed E-state index contributed by atoms with van der Waals surface area (Å²) in [6, 6.07) is 12.7. The number of nitrogens with zero attached hydrogens (tertiary/aromatic N) is 3. The molecule has 11 heteroatoms. The van der Waals surface area contributed by atoms with Gasteiger partial charge in [0.25, 0.3) is 0 Å². The lowest BCUT2D eigenvalue weighted by Crippen LogP contribution is -2.14. The third-order valence-electron chi connectivity index (χ3n) is 5.31. The number of benzene rings is 2. The van der Waals surface area contributed by atoms with Crippen molar-refractivity contribution in [2.75, 3.05) is 0 Å². The molecule has 2 heterocycles. The highest BCUT2D eigenvalue weighted by molar-refractivity contribution is 7.14. The number of amidine groups is 1. The number of alkyl halides is 3. The Kier molecular flexibility index (Phi) is 6.49. The van der Waals surface area contributed by atoms with Gasteiger partial charge in [0, 0.05) is 24.6 Å². The summed E-state index contributed by atoms with van der Waals surface area (Å²) in [5, 5.41) is 12.6. The van der Waals surface area contributed by atoms with Crippen LogP contribution in [0.15, 0.2) is 60.0 Å². The van der Waals surface area contributed by atoms with Crippen molar-refractivity contribution in [2.45, 2.75) is 32.2 Å². The lowest BCUT2D eigenvalue weighted by Gasteiger charge is -2.19. The number of thiophene rings is 1. The number of hydrogen-bond donors (Lipinski definition) is 3. The van der Waals surface area contributed by atoms with Crippen LogP contribution in [-0.4, -0.2) is 20.6 Å². The molecule has 1 atom stereocenters. The van der Waals surface area contributed by atoms with Crippen molar-refractivity contribution in [2.24, 2.45) is 16.6 Å². The van der Waals surface area contributed by atoms with Gasteiger partial charge in [0.2, 0.25) is 0 Å². The summed E-state index contributed by atoms with van der Waals surface area (Å²) in [7, 11) is 0. The monoisotopic (exact) mass is 489 g/mol. The second-order valence-corrected chi connectivity index (χ2v) is 8.74. The van der Waals surface area contributed by atoms with Crippen LogP contribution >= 0.6 is 11.3 Å². The lowest BCUT2D eigenvalue weighted by molar-refractivity contribution is -0.138. The molecule has 178 valence electrons. The second-order valence-electron chi connectivity index (χ2n) is 7.63. The van der Waals surface area contributed by atoms with Crippen LogP contribution < -0.4 is 16.2 Å². The maximum atomic E-state index is 13.5. The van der Waals surface area contributed by atoms with Gasteiger partial charge in [-0.25, -0.2) is 4.98 Å². The van der Waals surface area contributed by atoms with Crippen LogP contribution in [0.25, 0.3) is 16.0 Å². The third kappa shape index (κ3) is 4.70. The SMILES string of the molecule is C[C@@H](Oc1cc(-n2cnc3ccc(C/C(N)=N/O)cc32)sc1CN)c1ccccc1C(F)(F)F. The minimum atomic E-state index is -4.48. The topological polar surface area (TPSA) is 112 Å². The first kappa shape index (κ1) is 23.6. The Morgan fingerprint density at radius 2 is 2.00 bits per heavy atom. The van der Waals surface area contributed by atoms with E-state index >= 15 is 0 Å². The Labute approximate surface area is 197 Å². The Morgan fingerprint density at radius 3 is 2.71 bits per heavy atom. The molecule has 4 aromatic rings. The molecule has 0 spiro atoms. The van der Waals surface area contributed by atoms with Gasteiger partial charge in [-0.05, 0) is 30.7 Å². The third-order valence-corrected chi connectivity index (χ3v) is 6.45. The number of fused-ring (bicyclic) bond motifs is 1. The largest absolute Gasteiger partial charge is 0.485 e. The number of ether oxygens (including phenoxy) is 1. The predicted molar refractivity (Wildman–Crippen MR) is 124 cm³/mol. The van der Waals surface area contributed by atoms with E-state index in [0.717, 1.165) is 27.7 Å². The van der Waals surface area contributed by atoms with Gasteiger partial charge in [0.05, 0.1) is 21.5 Å². The van der Waals surface area contributed by atoms with E-state index in [1.54, 1.807) is 25.4 Å². The minimum Gasteiger partial charge on any atom is -0.485 e. The maximum Gasteiger partial charge on any atom is 0.416 e. The fraction of sp³-hybridized carbons (Fsp3) is 0.217. The number of oxime groups is 1. The van der Waals surface area contributed by atoms with E-state index in [2.05, 4.69) is 10.1 Å². The fourth-order valence-corrected chi connectivity index (χ4v) is 4.66. The Morgan fingerprint density at radius 1 is 1.24 bits per heavy atom. The summed E-state index contributed by atoms with van der Waals surface area (Å²) < 4.78 is 48.2. The molecular weight excluding hydrogens is 467 g/mol. The molecule has 0 bridgehead atoms. The summed E-state index contributed by atoms with van der Waals surface area (Å²) in [6.45, 7) is 1.74. The standard InChI is InChI=1S/C23H22F3N5O2S/c1-13(15-4-2-3-5-16(15)23(24,25)26)33-19-10-22(34-20(19)11-27)31-12-29-17-7-6-14(8-18(17)31)9-21(28)30-32/h2-8,10,12-13,32H,9,11,27H2,1H3,(H2,28,30)/t13-/m1/s1. The van der Waals surface area contributed by atoms with Crippen molar-refractivity contribution >= 4 is 28.2 Å². The molecule has 0 saturated heterocycles. The first-order chi connectivity index (χ1) is 16.2. The van der Waals surface area contributed by atoms with Crippen molar-refractivity contribution in [1.82, 2.24) is 9.55 Å². The van der Waals surface area contributed by atoms with E-state index < -0.39 is 17.8 Å². The van der Waals surface area contributed by atoms with E-state index in [0.29, 0.717) is 10.6 Å². The highest BCUT2D eigenvalue weighted by Crippen LogP contribution is 2.39. The van der Waals surface area contributed by atoms with Crippen LogP contribution in [0.4, 0.5) is 13.2 Å². The van der Waals surface area contributed by atoms with Crippen molar-refractivity contribution in [3.05, 3.63) is 76.4 Å². The van der Waals surface area contributed by atoms with E-state index in [1.807, 2.05) is 22.8 Å². The summed E-state index contributed by atoms with van der Waals surface area (Å²) >= 11 is 1.37. The molecule has 34 heavy (non-hydrogen) atoms. The molecule has 0 unspecified atom stereocenters. The number of rotatable bonds is 7. The molecule has 0 saturated carbocycles. The van der Waals surface area contributed by atoms with Crippen LogP contribution in [0, 0.1) is 0 Å². The van der Waals surface area contributed by atoms with Crippen LogP contribution in [0.1, 0.15) is 34.6 Å². The first-order valence-corrected chi connectivity index (χ1v) is 11.1.